The van der Waals surface area contributed by atoms with Crippen LogP contribution in [-0.2, 0) is 4.74 Å². The number of phenols is 1. The Hall–Kier alpha value is -2.23. The monoisotopic (exact) mass is 217 g/mol. The van der Waals surface area contributed by atoms with Gasteiger partial charge in [-0.3, -0.25) is 5.32 Å². The van der Waals surface area contributed by atoms with E-state index in [4.69, 9.17) is 0 Å². The molecule has 0 radical (unpaired) electrons. The van der Waals surface area contributed by atoms with Gasteiger partial charge in [0.05, 0.1) is 12.8 Å². The molecule has 0 spiro atoms. The molecule has 16 heavy (non-hydrogen) atoms. The maximum Gasteiger partial charge on any atom is 0.411 e. The minimum atomic E-state index is -0.606. The topological polar surface area (TPSA) is 58.6 Å². The molecule has 0 heterocycles. The van der Waals surface area contributed by atoms with Gasteiger partial charge in [-0.2, -0.15) is 0 Å². The third-order valence-corrected chi connectivity index (χ3v) is 2.32. The molecule has 1 amide bonds. The molecule has 0 fully saturated rings. The smallest absolute Gasteiger partial charge is 0.411 e. The highest BCUT2D eigenvalue weighted by atomic mass is 16.5. The summed E-state index contributed by atoms with van der Waals surface area (Å²) in [5.74, 6) is 0.0449. The summed E-state index contributed by atoms with van der Waals surface area (Å²) in [5.41, 5.74) is 0.338. The fourth-order valence-corrected chi connectivity index (χ4v) is 1.52. The van der Waals surface area contributed by atoms with Crippen molar-refractivity contribution < 1.29 is 14.6 Å². The highest BCUT2D eigenvalue weighted by Gasteiger charge is 2.08. The zero-order valence-electron chi connectivity index (χ0n) is 8.73. The van der Waals surface area contributed by atoms with Crippen molar-refractivity contribution in [1.29, 1.82) is 0 Å². The number of ether oxygens (including phenoxy) is 1. The van der Waals surface area contributed by atoms with E-state index in [-0.39, 0.29) is 5.75 Å². The lowest BCUT2D eigenvalue weighted by atomic mass is 10.1. The van der Waals surface area contributed by atoms with Crippen molar-refractivity contribution in [1.82, 2.24) is 0 Å². The molecule has 0 saturated carbocycles. The molecule has 2 rings (SSSR count). The summed E-state index contributed by atoms with van der Waals surface area (Å²) in [7, 11) is 1.27. The number of phenolic OH excluding ortho intramolecular Hbond substituents is 1. The van der Waals surface area contributed by atoms with Gasteiger partial charge in [-0.05, 0) is 11.5 Å². The van der Waals surface area contributed by atoms with Crippen molar-refractivity contribution in [2.45, 2.75) is 0 Å². The lowest BCUT2D eigenvalue weighted by Gasteiger charge is -2.08. The summed E-state index contributed by atoms with van der Waals surface area (Å²) in [5, 5.41) is 14.0. The number of hydrogen-bond acceptors (Lipinski definition) is 3. The van der Waals surface area contributed by atoms with Crippen molar-refractivity contribution in [3.63, 3.8) is 0 Å². The average Bonchev–Trinajstić information content (AvgIpc) is 2.33. The van der Waals surface area contributed by atoms with Gasteiger partial charge >= 0.3 is 6.09 Å². The Kier molecular flexibility index (Phi) is 2.64. The van der Waals surface area contributed by atoms with Gasteiger partial charge < -0.3 is 9.84 Å². The van der Waals surface area contributed by atoms with Crippen molar-refractivity contribution >= 4 is 22.6 Å². The third kappa shape index (κ3) is 1.77. The molecule has 0 aliphatic carbocycles. The fraction of sp³-hybridized carbons (Fsp3) is 0.0833. The van der Waals surface area contributed by atoms with E-state index in [1.165, 1.54) is 7.11 Å². The van der Waals surface area contributed by atoms with Crippen LogP contribution in [0.1, 0.15) is 0 Å². The van der Waals surface area contributed by atoms with Crippen LogP contribution in [0.2, 0.25) is 0 Å². The molecule has 82 valence electrons. The molecular weight excluding hydrogens is 206 g/mol. The largest absolute Gasteiger partial charge is 0.505 e. The summed E-state index contributed by atoms with van der Waals surface area (Å²) in [6, 6.07) is 10.8. The molecule has 2 aromatic carbocycles. The first kappa shape index (κ1) is 10.3. The molecular formula is C12H11NO3. The Morgan fingerprint density at radius 3 is 2.75 bits per heavy atom. The number of carbonyl (C=O) groups excluding carboxylic acids is 1. The van der Waals surface area contributed by atoms with E-state index >= 15 is 0 Å². The number of hydrogen-bond donors (Lipinski definition) is 2. The average molecular weight is 217 g/mol. The summed E-state index contributed by atoms with van der Waals surface area (Å²) < 4.78 is 4.46. The molecule has 0 bridgehead atoms. The summed E-state index contributed by atoms with van der Waals surface area (Å²) in [6.45, 7) is 0. The van der Waals surface area contributed by atoms with Gasteiger partial charge in [0.1, 0.15) is 5.75 Å². The van der Waals surface area contributed by atoms with Gasteiger partial charge in [0.25, 0.3) is 0 Å². The molecule has 4 nitrogen and oxygen atoms in total. The molecule has 0 aromatic heterocycles. The predicted molar refractivity (Wildman–Crippen MR) is 61.6 cm³/mol. The van der Waals surface area contributed by atoms with E-state index in [9.17, 15) is 9.90 Å². The highest BCUT2D eigenvalue weighted by Crippen LogP contribution is 2.32. The fourth-order valence-electron chi connectivity index (χ4n) is 1.52. The minimum Gasteiger partial charge on any atom is -0.505 e. The molecule has 2 N–H and O–H groups in total. The van der Waals surface area contributed by atoms with Crippen LogP contribution in [0.3, 0.4) is 0 Å². The maximum atomic E-state index is 11.0. The third-order valence-electron chi connectivity index (χ3n) is 2.32. The van der Waals surface area contributed by atoms with Crippen LogP contribution < -0.4 is 5.32 Å². The van der Waals surface area contributed by atoms with Gasteiger partial charge in [-0.1, -0.05) is 30.3 Å². The minimum absolute atomic E-state index is 0.0449. The van der Waals surface area contributed by atoms with E-state index in [1.807, 2.05) is 24.3 Å². The van der Waals surface area contributed by atoms with Crippen LogP contribution >= 0.6 is 0 Å². The van der Waals surface area contributed by atoms with E-state index in [1.54, 1.807) is 12.1 Å². The number of nitrogens with one attached hydrogen (secondary N) is 1. The van der Waals surface area contributed by atoms with Crippen LogP contribution in [0.15, 0.2) is 36.4 Å². The van der Waals surface area contributed by atoms with Crippen molar-refractivity contribution in [3.05, 3.63) is 36.4 Å². The molecule has 0 saturated heterocycles. The number of methoxy groups -OCH3 is 1. The molecule has 0 atom stereocenters. The van der Waals surface area contributed by atoms with Gasteiger partial charge in [0.15, 0.2) is 0 Å². The number of benzene rings is 2. The van der Waals surface area contributed by atoms with Crippen LogP contribution in [-0.4, -0.2) is 18.3 Å². The van der Waals surface area contributed by atoms with Crippen LogP contribution in [0, 0.1) is 0 Å². The van der Waals surface area contributed by atoms with Gasteiger partial charge in [0.2, 0.25) is 0 Å². The second kappa shape index (κ2) is 4.10. The summed E-state index contributed by atoms with van der Waals surface area (Å²) >= 11 is 0. The second-order valence-corrected chi connectivity index (χ2v) is 3.30. The number of rotatable bonds is 1. The Morgan fingerprint density at radius 2 is 2.00 bits per heavy atom. The number of carbonyl (C=O) groups is 1. The Labute approximate surface area is 92.5 Å². The van der Waals surface area contributed by atoms with Gasteiger partial charge in [0, 0.05) is 5.39 Å². The van der Waals surface area contributed by atoms with E-state index in [2.05, 4.69) is 10.1 Å². The van der Waals surface area contributed by atoms with E-state index in [0.29, 0.717) is 11.1 Å². The van der Waals surface area contributed by atoms with Crippen molar-refractivity contribution in [2.75, 3.05) is 12.4 Å². The van der Waals surface area contributed by atoms with Crippen LogP contribution in [0.5, 0.6) is 5.75 Å². The molecule has 2 aromatic rings. The number of anilines is 1. The lowest BCUT2D eigenvalue weighted by Crippen LogP contribution is -2.10. The zero-order chi connectivity index (χ0) is 11.5. The second-order valence-electron chi connectivity index (χ2n) is 3.30. The lowest BCUT2D eigenvalue weighted by molar-refractivity contribution is 0.187. The SMILES string of the molecule is COC(=O)Nc1ccc2ccccc2c1O. The van der Waals surface area contributed by atoms with Crippen LogP contribution in [0.4, 0.5) is 10.5 Å². The van der Waals surface area contributed by atoms with E-state index in [0.717, 1.165) is 5.39 Å². The number of amides is 1. The Morgan fingerprint density at radius 1 is 1.25 bits per heavy atom. The number of fused-ring (bicyclic) bond motifs is 1. The Balaban J connectivity index is 2.48. The molecule has 4 heteroatoms. The Bertz CT molecular complexity index is 537. The predicted octanol–water partition coefficient (Wildman–Crippen LogP) is 2.72. The van der Waals surface area contributed by atoms with Crippen molar-refractivity contribution in [3.8, 4) is 5.75 Å². The molecule has 0 unspecified atom stereocenters. The summed E-state index contributed by atoms with van der Waals surface area (Å²) in [6.07, 6.45) is -0.606. The quantitative estimate of drug-likeness (QED) is 0.722. The first-order chi connectivity index (χ1) is 7.72. The summed E-state index contributed by atoms with van der Waals surface area (Å²) in [4.78, 5) is 11.0. The number of aromatic hydroxyl groups is 1. The van der Waals surface area contributed by atoms with Gasteiger partial charge in [-0.25, -0.2) is 4.79 Å². The molecule has 0 aliphatic heterocycles. The zero-order valence-corrected chi connectivity index (χ0v) is 8.73. The standard InChI is InChI=1S/C12H11NO3/c1-16-12(15)13-10-7-6-8-4-2-3-5-9(8)11(10)14/h2-7,14H,1H3,(H,13,15). The first-order valence-electron chi connectivity index (χ1n) is 4.78. The van der Waals surface area contributed by atoms with E-state index < -0.39 is 6.09 Å². The van der Waals surface area contributed by atoms with Crippen molar-refractivity contribution in [2.24, 2.45) is 0 Å². The highest BCUT2D eigenvalue weighted by molar-refractivity contribution is 5.97. The maximum absolute atomic E-state index is 11.0. The van der Waals surface area contributed by atoms with Crippen LogP contribution in [0.25, 0.3) is 10.8 Å². The normalized spacial score (nSPS) is 10.1. The van der Waals surface area contributed by atoms with Gasteiger partial charge in [-0.15, -0.1) is 0 Å². The molecule has 0 aliphatic rings. The first-order valence-corrected chi connectivity index (χ1v) is 4.78.